The lowest BCUT2D eigenvalue weighted by atomic mass is 10.0. The molecule has 0 unspecified atom stereocenters. The number of hydrogen-bond donors (Lipinski definition) is 2. The first-order valence-electron chi connectivity index (χ1n) is 8.22. The summed E-state index contributed by atoms with van der Waals surface area (Å²) >= 11 is 0. The lowest BCUT2D eigenvalue weighted by Gasteiger charge is -2.26. The number of furan rings is 1. The number of carbonyl (C=O) groups is 2. The van der Waals surface area contributed by atoms with E-state index in [2.05, 4.69) is 39.8 Å². The predicted octanol–water partition coefficient (Wildman–Crippen LogP) is 2.13. The van der Waals surface area contributed by atoms with Crippen molar-refractivity contribution in [2.24, 2.45) is 0 Å². The van der Waals surface area contributed by atoms with Gasteiger partial charge >= 0.3 is 0 Å². The van der Waals surface area contributed by atoms with E-state index < -0.39 is 6.04 Å². The Balaban J connectivity index is 1.92. The Morgan fingerprint density at radius 2 is 1.84 bits per heavy atom. The summed E-state index contributed by atoms with van der Waals surface area (Å²) in [6.45, 7) is 4.16. The Bertz CT molecular complexity index is 693. The second-order valence-corrected chi connectivity index (χ2v) is 6.34. The summed E-state index contributed by atoms with van der Waals surface area (Å²) in [6.07, 6.45) is 2.77. The number of carbonyl (C=O) groups excluding carboxylic acids is 2. The van der Waals surface area contributed by atoms with Gasteiger partial charge in [0.15, 0.2) is 0 Å². The van der Waals surface area contributed by atoms with Gasteiger partial charge in [-0.05, 0) is 39.6 Å². The fourth-order valence-corrected chi connectivity index (χ4v) is 2.48. The van der Waals surface area contributed by atoms with Crippen molar-refractivity contribution in [1.29, 1.82) is 0 Å². The van der Waals surface area contributed by atoms with Gasteiger partial charge in [-0.2, -0.15) is 0 Å². The SMILES string of the molecule is Cc1ccc([C@@H](CNC(=O)[C@H](C)NC(=O)c2ccoc2)N(C)C)cc1. The first-order chi connectivity index (χ1) is 11.9. The lowest BCUT2D eigenvalue weighted by molar-refractivity contribution is -0.122. The maximum Gasteiger partial charge on any atom is 0.255 e. The quantitative estimate of drug-likeness (QED) is 0.808. The third-order valence-corrected chi connectivity index (χ3v) is 4.08. The van der Waals surface area contributed by atoms with Gasteiger partial charge in [-0.25, -0.2) is 0 Å². The maximum absolute atomic E-state index is 12.3. The van der Waals surface area contributed by atoms with E-state index >= 15 is 0 Å². The fourth-order valence-electron chi connectivity index (χ4n) is 2.48. The van der Waals surface area contributed by atoms with Crippen LogP contribution in [0.3, 0.4) is 0 Å². The van der Waals surface area contributed by atoms with Crippen molar-refractivity contribution < 1.29 is 14.0 Å². The standard InChI is InChI=1S/C19H25N3O3/c1-13-5-7-15(8-6-13)17(22(3)4)11-20-18(23)14(2)21-19(24)16-9-10-25-12-16/h5-10,12,14,17H,11H2,1-4H3,(H,20,23)(H,21,24)/t14-,17+/m0/s1. The summed E-state index contributed by atoms with van der Waals surface area (Å²) in [4.78, 5) is 26.3. The van der Waals surface area contributed by atoms with Crippen LogP contribution in [0.1, 0.15) is 34.5 Å². The monoisotopic (exact) mass is 343 g/mol. The van der Waals surface area contributed by atoms with Gasteiger partial charge in [0.05, 0.1) is 17.9 Å². The highest BCUT2D eigenvalue weighted by Gasteiger charge is 2.20. The molecule has 2 N–H and O–H groups in total. The third kappa shape index (κ3) is 5.19. The molecule has 2 atom stereocenters. The van der Waals surface area contributed by atoms with Gasteiger partial charge in [0.2, 0.25) is 5.91 Å². The van der Waals surface area contributed by atoms with E-state index in [0.29, 0.717) is 12.1 Å². The molecule has 2 aromatic rings. The number of likely N-dealkylation sites (N-methyl/N-ethyl adjacent to an activating group) is 1. The van der Waals surface area contributed by atoms with E-state index in [0.717, 1.165) is 5.56 Å². The molecule has 134 valence electrons. The number of benzene rings is 1. The Hall–Kier alpha value is -2.60. The minimum absolute atomic E-state index is 0.0568. The van der Waals surface area contributed by atoms with E-state index in [9.17, 15) is 9.59 Å². The van der Waals surface area contributed by atoms with Crippen molar-refractivity contribution in [2.75, 3.05) is 20.6 Å². The average molecular weight is 343 g/mol. The highest BCUT2D eigenvalue weighted by Crippen LogP contribution is 2.17. The van der Waals surface area contributed by atoms with Crippen LogP contribution in [0.4, 0.5) is 0 Å². The molecule has 1 aromatic heterocycles. The number of nitrogens with zero attached hydrogens (tertiary/aromatic N) is 1. The van der Waals surface area contributed by atoms with Crippen LogP contribution in [0.2, 0.25) is 0 Å². The van der Waals surface area contributed by atoms with Crippen molar-refractivity contribution in [3.05, 3.63) is 59.5 Å². The molecule has 6 heteroatoms. The largest absolute Gasteiger partial charge is 0.472 e. The molecule has 2 amide bonds. The van der Waals surface area contributed by atoms with Crippen LogP contribution in [-0.4, -0.2) is 43.4 Å². The number of amides is 2. The highest BCUT2D eigenvalue weighted by atomic mass is 16.3. The van der Waals surface area contributed by atoms with E-state index in [1.807, 2.05) is 21.0 Å². The average Bonchev–Trinajstić information content (AvgIpc) is 3.10. The van der Waals surface area contributed by atoms with Crippen molar-refractivity contribution in [2.45, 2.75) is 25.9 Å². The molecule has 0 aliphatic carbocycles. The van der Waals surface area contributed by atoms with Crippen LogP contribution in [-0.2, 0) is 4.79 Å². The number of hydrogen-bond acceptors (Lipinski definition) is 4. The van der Waals surface area contributed by atoms with Gasteiger partial charge < -0.3 is 20.0 Å². The zero-order chi connectivity index (χ0) is 18.4. The maximum atomic E-state index is 12.3. The van der Waals surface area contributed by atoms with Gasteiger partial charge in [-0.15, -0.1) is 0 Å². The van der Waals surface area contributed by atoms with E-state index in [-0.39, 0.29) is 17.9 Å². The summed E-state index contributed by atoms with van der Waals surface area (Å²) in [5.74, 6) is -0.560. The Labute approximate surface area is 148 Å². The predicted molar refractivity (Wildman–Crippen MR) is 96.3 cm³/mol. The smallest absolute Gasteiger partial charge is 0.255 e. The van der Waals surface area contributed by atoms with Crippen LogP contribution in [0.25, 0.3) is 0 Å². The summed E-state index contributed by atoms with van der Waals surface area (Å²) < 4.78 is 4.87. The second-order valence-electron chi connectivity index (χ2n) is 6.34. The molecule has 1 aromatic carbocycles. The number of aryl methyl sites for hydroxylation is 1. The van der Waals surface area contributed by atoms with Crippen LogP contribution in [0, 0.1) is 6.92 Å². The van der Waals surface area contributed by atoms with Gasteiger partial charge in [0.25, 0.3) is 5.91 Å². The minimum Gasteiger partial charge on any atom is -0.472 e. The Morgan fingerprint density at radius 1 is 1.16 bits per heavy atom. The fraction of sp³-hybridized carbons (Fsp3) is 0.368. The second kappa shape index (κ2) is 8.48. The van der Waals surface area contributed by atoms with Gasteiger partial charge in [0, 0.05) is 6.54 Å². The van der Waals surface area contributed by atoms with E-state index in [1.54, 1.807) is 13.0 Å². The molecule has 2 rings (SSSR count). The number of nitrogens with one attached hydrogen (secondary N) is 2. The molecule has 6 nitrogen and oxygen atoms in total. The minimum atomic E-state index is -0.636. The lowest BCUT2D eigenvalue weighted by Crippen LogP contribution is -2.46. The molecule has 0 spiro atoms. The Kier molecular flexibility index (Phi) is 6.36. The molecule has 0 saturated heterocycles. The zero-order valence-corrected chi connectivity index (χ0v) is 15.1. The van der Waals surface area contributed by atoms with Crippen molar-refractivity contribution in [1.82, 2.24) is 15.5 Å². The first kappa shape index (κ1) is 18.7. The van der Waals surface area contributed by atoms with E-state index in [1.165, 1.54) is 18.1 Å². The molecular weight excluding hydrogens is 318 g/mol. The zero-order valence-electron chi connectivity index (χ0n) is 15.1. The third-order valence-electron chi connectivity index (χ3n) is 4.08. The molecule has 25 heavy (non-hydrogen) atoms. The molecule has 0 aliphatic rings. The summed E-state index contributed by atoms with van der Waals surface area (Å²) in [5, 5.41) is 5.57. The van der Waals surface area contributed by atoms with Crippen molar-refractivity contribution in [3.8, 4) is 0 Å². The van der Waals surface area contributed by atoms with Gasteiger partial charge in [-0.1, -0.05) is 29.8 Å². The normalized spacial score (nSPS) is 13.3. The van der Waals surface area contributed by atoms with Crippen LogP contribution in [0.5, 0.6) is 0 Å². The first-order valence-corrected chi connectivity index (χ1v) is 8.22. The molecule has 1 heterocycles. The topological polar surface area (TPSA) is 74.6 Å². The molecule has 0 fully saturated rings. The van der Waals surface area contributed by atoms with Gasteiger partial charge in [0.1, 0.15) is 12.3 Å². The van der Waals surface area contributed by atoms with Crippen LogP contribution in [0.15, 0.2) is 47.3 Å². The van der Waals surface area contributed by atoms with Crippen molar-refractivity contribution in [3.63, 3.8) is 0 Å². The summed E-state index contributed by atoms with van der Waals surface area (Å²) in [5.41, 5.74) is 2.72. The van der Waals surface area contributed by atoms with Crippen molar-refractivity contribution >= 4 is 11.8 Å². The van der Waals surface area contributed by atoms with E-state index in [4.69, 9.17) is 4.42 Å². The van der Waals surface area contributed by atoms with Gasteiger partial charge in [-0.3, -0.25) is 9.59 Å². The molecule has 0 saturated carbocycles. The van der Waals surface area contributed by atoms with Crippen LogP contribution < -0.4 is 10.6 Å². The molecule has 0 bridgehead atoms. The summed E-state index contributed by atoms with van der Waals surface area (Å²) in [7, 11) is 3.95. The highest BCUT2D eigenvalue weighted by molar-refractivity contribution is 5.97. The molecule has 0 aliphatic heterocycles. The van der Waals surface area contributed by atoms with Crippen LogP contribution >= 0.6 is 0 Å². The number of rotatable bonds is 7. The molecule has 0 radical (unpaired) electrons. The Morgan fingerprint density at radius 3 is 2.40 bits per heavy atom. The molecular formula is C19H25N3O3. The summed E-state index contributed by atoms with van der Waals surface area (Å²) in [6, 6.07) is 9.22.